The van der Waals surface area contributed by atoms with Gasteiger partial charge in [-0.25, -0.2) is 0 Å². The second kappa shape index (κ2) is 6.68. The Morgan fingerprint density at radius 1 is 1.32 bits per heavy atom. The number of anilines is 1. The Bertz CT molecular complexity index is 434. The lowest BCUT2D eigenvalue weighted by atomic mass is 10.1. The molecule has 0 fully saturated rings. The fourth-order valence-electron chi connectivity index (χ4n) is 2.08. The lowest BCUT2D eigenvalue weighted by Gasteiger charge is -2.22. The third-order valence-corrected chi connectivity index (χ3v) is 3.35. The van der Waals surface area contributed by atoms with Crippen LogP contribution in [0.2, 0.25) is 0 Å². The molecule has 19 heavy (non-hydrogen) atoms. The molecule has 2 N–H and O–H groups in total. The van der Waals surface area contributed by atoms with Crippen molar-refractivity contribution in [3.8, 4) is 0 Å². The summed E-state index contributed by atoms with van der Waals surface area (Å²) in [6.45, 7) is 8.24. The van der Waals surface area contributed by atoms with Crippen LogP contribution in [-0.4, -0.2) is 42.2 Å². The molecule has 1 aromatic rings. The summed E-state index contributed by atoms with van der Waals surface area (Å²) in [5.41, 5.74) is 4.23. The van der Waals surface area contributed by atoms with Gasteiger partial charge in [-0.15, -0.1) is 0 Å². The predicted molar refractivity (Wildman–Crippen MR) is 78.5 cm³/mol. The fraction of sp³-hybridized carbons (Fsp3) is 0.533. The summed E-state index contributed by atoms with van der Waals surface area (Å²) in [5, 5.41) is 12.0. The number of benzene rings is 1. The van der Waals surface area contributed by atoms with Crippen molar-refractivity contribution in [2.45, 2.75) is 33.7 Å². The quantitative estimate of drug-likeness (QED) is 0.853. The molecule has 0 aliphatic heterocycles. The van der Waals surface area contributed by atoms with Crippen LogP contribution in [-0.2, 0) is 4.79 Å². The molecular formula is C15H24N2O2. The van der Waals surface area contributed by atoms with Crippen molar-refractivity contribution < 1.29 is 9.90 Å². The molecule has 0 bridgehead atoms. The number of nitrogens with one attached hydrogen (secondary N) is 1. The van der Waals surface area contributed by atoms with E-state index in [2.05, 4.69) is 17.4 Å². The Kier molecular flexibility index (Phi) is 5.51. The molecule has 0 spiro atoms. The molecule has 0 radical (unpaired) electrons. The number of carbonyl (C=O) groups is 1. The molecule has 0 saturated heterocycles. The molecule has 0 aliphatic rings. The highest BCUT2D eigenvalue weighted by Crippen LogP contribution is 2.21. The number of hydrogen-bond acceptors (Lipinski definition) is 3. The van der Waals surface area contributed by atoms with Gasteiger partial charge in [-0.1, -0.05) is 17.7 Å². The second-order valence-electron chi connectivity index (χ2n) is 5.27. The van der Waals surface area contributed by atoms with E-state index in [1.54, 1.807) is 0 Å². The average Bonchev–Trinajstić information content (AvgIpc) is 2.32. The first-order chi connectivity index (χ1) is 8.85. The predicted octanol–water partition coefficient (Wildman–Crippen LogP) is 1.86. The summed E-state index contributed by atoms with van der Waals surface area (Å²) in [6.07, 6.45) is 0. The number of rotatable bonds is 5. The van der Waals surface area contributed by atoms with Crippen molar-refractivity contribution in [2.75, 3.05) is 25.5 Å². The van der Waals surface area contributed by atoms with E-state index >= 15 is 0 Å². The van der Waals surface area contributed by atoms with Crippen LogP contribution in [0.3, 0.4) is 0 Å². The van der Waals surface area contributed by atoms with Gasteiger partial charge in [0, 0.05) is 11.7 Å². The summed E-state index contributed by atoms with van der Waals surface area (Å²) in [6, 6.07) is 4.09. The number of nitrogens with zero attached hydrogens (tertiary/aromatic N) is 1. The van der Waals surface area contributed by atoms with Gasteiger partial charge in [0.05, 0.1) is 13.2 Å². The molecule has 1 unspecified atom stereocenters. The Morgan fingerprint density at radius 2 is 1.84 bits per heavy atom. The number of likely N-dealkylation sites (N-methyl/N-ethyl adjacent to an activating group) is 1. The van der Waals surface area contributed by atoms with Crippen molar-refractivity contribution >= 4 is 11.6 Å². The average molecular weight is 264 g/mol. The maximum Gasteiger partial charge on any atom is 0.238 e. The number of aryl methyl sites for hydroxylation is 3. The topological polar surface area (TPSA) is 52.6 Å². The minimum Gasteiger partial charge on any atom is -0.395 e. The van der Waals surface area contributed by atoms with E-state index in [4.69, 9.17) is 5.11 Å². The van der Waals surface area contributed by atoms with Crippen LogP contribution >= 0.6 is 0 Å². The minimum absolute atomic E-state index is 0.0223. The van der Waals surface area contributed by atoms with Crippen LogP contribution in [0.1, 0.15) is 23.6 Å². The fourth-order valence-corrected chi connectivity index (χ4v) is 2.08. The summed E-state index contributed by atoms with van der Waals surface area (Å²) in [7, 11) is 1.83. The van der Waals surface area contributed by atoms with Gasteiger partial charge in [-0.05, 0) is 45.9 Å². The second-order valence-corrected chi connectivity index (χ2v) is 5.27. The van der Waals surface area contributed by atoms with Gasteiger partial charge >= 0.3 is 0 Å². The summed E-state index contributed by atoms with van der Waals surface area (Å²) in [5.74, 6) is -0.0575. The molecule has 0 aromatic heterocycles. The van der Waals surface area contributed by atoms with E-state index in [9.17, 15) is 4.79 Å². The van der Waals surface area contributed by atoms with Crippen molar-refractivity contribution in [3.63, 3.8) is 0 Å². The van der Waals surface area contributed by atoms with E-state index in [0.29, 0.717) is 0 Å². The van der Waals surface area contributed by atoms with E-state index in [-0.39, 0.29) is 25.1 Å². The van der Waals surface area contributed by atoms with Crippen LogP contribution in [0, 0.1) is 20.8 Å². The zero-order valence-electron chi connectivity index (χ0n) is 12.4. The number of carbonyl (C=O) groups excluding carboxylic acids is 1. The molecular weight excluding hydrogens is 240 g/mol. The van der Waals surface area contributed by atoms with Gasteiger partial charge in [0.25, 0.3) is 0 Å². The maximum atomic E-state index is 12.0. The normalized spacial score (nSPS) is 12.6. The number of aliphatic hydroxyl groups excluding tert-OH is 1. The standard InChI is InChI=1S/C15H24N2O2/c1-10-6-11(2)15(12(3)7-10)16-14(19)8-17(5)13(4)9-18/h6-7,13,18H,8-9H2,1-5H3,(H,16,19). The van der Waals surface area contributed by atoms with Gasteiger partial charge in [0.15, 0.2) is 0 Å². The SMILES string of the molecule is Cc1cc(C)c(NC(=O)CN(C)C(C)CO)c(C)c1. The van der Waals surface area contributed by atoms with Gasteiger partial charge in [-0.3, -0.25) is 9.69 Å². The van der Waals surface area contributed by atoms with Crippen LogP contribution in [0.15, 0.2) is 12.1 Å². The summed E-state index contributed by atoms with van der Waals surface area (Å²) >= 11 is 0. The lowest BCUT2D eigenvalue weighted by molar-refractivity contribution is -0.117. The van der Waals surface area contributed by atoms with Crippen molar-refractivity contribution in [3.05, 3.63) is 28.8 Å². The van der Waals surface area contributed by atoms with E-state index in [0.717, 1.165) is 16.8 Å². The van der Waals surface area contributed by atoms with E-state index in [1.807, 2.05) is 39.6 Å². The third kappa shape index (κ3) is 4.33. The highest BCUT2D eigenvalue weighted by atomic mass is 16.3. The summed E-state index contributed by atoms with van der Waals surface area (Å²) in [4.78, 5) is 13.8. The highest BCUT2D eigenvalue weighted by molar-refractivity contribution is 5.93. The Labute approximate surface area is 115 Å². The highest BCUT2D eigenvalue weighted by Gasteiger charge is 2.14. The van der Waals surface area contributed by atoms with Gasteiger partial charge in [0.1, 0.15) is 0 Å². The minimum atomic E-state index is -0.0575. The first kappa shape index (κ1) is 15.7. The zero-order valence-corrected chi connectivity index (χ0v) is 12.4. The van der Waals surface area contributed by atoms with E-state index < -0.39 is 0 Å². The molecule has 0 aliphatic carbocycles. The van der Waals surface area contributed by atoms with Gasteiger partial charge in [-0.2, -0.15) is 0 Å². The summed E-state index contributed by atoms with van der Waals surface area (Å²) < 4.78 is 0. The first-order valence-corrected chi connectivity index (χ1v) is 6.54. The Balaban J connectivity index is 2.73. The third-order valence-electron chi connectivity index (χ3n) is 3.35. The Hall–Kier alpha value is -1.39. The molecule has 4 heteroatoms. The number of amides is 1. The maximum absolute atomic E-state index is 12.0. The first-order valence-electron chi connectivity index (χ1n) is 6.54. The molecule has 4 nitrogen and oxygen atoms in total. The molecule has 1 rings (SSSR count). The zero-order chi connectivity index (χ0) is 14.6. The van der Waals surface area contributed by atoms with E-state index in [1.165, 1.54) is 5.56 Å². The van der Waals surface area contributed by atoms with Crippen LogP contribution in [0.5, 0.6) is 0 Å². The molecule has 0 heterocycles. The molecule has 0 saturated carbocycles. The Morgan fingerprint density at radius 3 is 2.32 bits per heavy atom. The largest absolute Gasteiger partial charge is 0.395 e. The molecule has 1 aromatic carbocycles. The van der Waals surface area contributed by atoms with Crippen molar-refractivity contribution in [2.24, 2.45) is 0 Å². The molecule has 106 valence electrons. The van der Waals surface area contributed by atoms with Gasteiger partial charge < -0.3 is 10.4 Å². The smallest absolute Gasteiger partial charge is 0.238 e. The van der Waals surface area contributed by atoms with Gasteiger partial charge in [0.2, 0.25) is 5.91 Å². The van der Waals surface area contributed by atoms with Crippen LogP contribution < -0.4 is 5.32 Å². The lowest BCUT2D eigenvalue weighted by Crippen LogP contribution is -2.38. The van der Waals surface area contributed by atoms with Crippen molar-refractivity contribution in [1.82, 2.24) is 4.90 Å². The number of aliphatic hydroxyl groups is 1. The van der Waals surface area contributed by atoms with Crippen molar-refractivity contribution in [1.29, 1.82) is 0 Å². The number of hydrogen-bond donors (Lipinski definition) is 2. The van der Waals surface area contributed by atoms with Crippen LogP contribution in [0.4, 0.5) is 5.69 Å². The van der Waals surface area contributed by atoms with Crippen LogP contribution in [0.25, 0.3) is 0 Å². The molecule has 1 amide bonds. The monoisotopic (exact) mass is 264 g/mol. The molecule has 1 atom stereocenters.